The van der Waals surface area contributed by atoms with Crippen LogP contribution < -0.4 is 15.8 Å². The van der Waals surface area contributed by atoms with Gasteiger partial charge in [0.1, 0.15) is 4.90 Å². The molecular formula is C18H17Cl2N3O4S. The Kier molecular flexibility index (Phi) is 5.95. The minimum absolute atomic E-state index is 0.00744. The van der Waals surface area contributed by atoms with E-state index in [4.69, 9.17) is 28.3 Å². The summed E-state index contributed by atoms with van der Waals surface area (Å²) >= 11 is 11.8. The van der Waals surface area contributed by atoms with Gasteiger partial charge in [0, 0.05) is 18.2 Å². The lowest BCUT2D eigenvalue weighted by molar-refractivity contribution is -0.117. The van der Waals surface area contributed by atoms with Crippen molar-refractivity contribution in [3.63, 3.8) is 0 Å². The van der Waals surface area contributed by atoms with Crippen LogP contribution in [-0.2, 0) is 21.4 Å². The normalized spacial score (nSPS) is 13.8. The van der Waals surface area contributed by atoms with Crippen molar-refractivity contribution in [1.82, 2.24) is 5.32 Å². The maximum Gasteiger partial charge on any atom is 0.253 e. The van der Waals surface area contributed by atoms with E-state index < -0.39 is 15.9 Å². The number of benzene rings is 2. The van der Waals surface area contributed by atoms with Crippen LogP contribution >= 0.6 is 23.2 Å². The molecule has 0 aromatic heterocycles. The molecule has 0 unspecified atom stereocenters. The smallest absolute Gasteiger partial charge is 0.253 e. The molecule has 10 heteroatoms. The van der Waals surface area contributed by atoms with Gasteiger partial charge in [-0.2, -0.15) is 0 Å². The molecule has 0 atom stereocenters. The van der Waals surface area contributed by atoms with Crippen molar-refractivity contribution in [2.24, 2.45) is 11.1 Å². The lowest BCUT2D eigenvalue weighted by atomic mass is 10.1. The fourth-order valence-electron chi connectivity index (χ4n) is 2.49. The second kappa shape index (κ2) is 8.08. The maximum absolute atomic E-state index is 12.4. The van der Waals surface area contributed by atoms with Crippen molar-refractivity contribution in [2.45, 2.75) is 24.3 Å². The zero-order chi connectivity index (χ0) is 20.5. The van der Waals surface area contributed by atoms with E-state index in [2.05, 4.69) is 10.6 Å². The Hall–Kier alpha value is -2.13. The summed E-state index contributed by atoms with van der Waals surface area (Å²) in [6, 6.07) is 9.23. The molecule has 148 valence electrons. The summed E-state index contributed by atoms with van der Waals surface area (Å²) in [5, 5.41) is 10.4. The Balaban J connectivity index is 1.66. The number of halogens is 2. The Labute approximate surface area is 172 Å². The molecule has 0 aliphatic heterocycles. The van der Waals surface area contributed by atoms with Gasteiger partial charge in [-0.05, 0) is 42.7 Å². The lowest BCUT2D eigenvalue weighted by Crippen LogP contribution is -2.24. The highest BCUT2D eigenvalue weighted by Crippen LogP contribution is 2.30. The molecule has 1 aliphatic carbocycles. The van der Waals surface area contributed by atoms with Gasteiger partial charge in [0.2, 0.25) is 15.9 Å². The van der Waals surface area contributed by atoms with Crippen LogP contribution in [-0.4, -0.2) is 20.2 Å². The number of sulfonamides is 1. The molecule has 1 saturated carbocycles. The van der Waals surface area contributed by atoms with E-state index in [9.17, 15) is 18.0 Å². The predicted molar refractivity (Wildman–Crippen MR) is 107 cm³/mol. The second-order valence-corrected chi connectivity index (χ2v) is 8.79. The first-order valence-corrected chi connectivity index (χ1v) is 10.6. The van der Waals surface area contributed by atoms with Crippen LogP contribution in [0.3, 0.4) is 0 Å². The van der Waals surface area contributed by atoms with Crippen LogP contribution in [0.25, 0.3) is 0 Å². The van der Waals surface area contributed by atoms with Crippen molar-refractivity contribution in [1.29, 1.82) is 0 Å². The van der Waals surface area contributed by atoms with Gasteiger partial charge in [-0.3, -0.25) is 9.59 Å². The monoisotopic (exact) mass is 441 g/mol. The first-order valence-electron chi connectivity index (χ1n) is 8.35. The first-order chi connectivity index (χ1) is 13.1. The molecule has 2 amide bonds. The minimum atomic E-state index is -4.09. The summed E-state index contributed by atoms with van der Waals surface area (Å²) in [7, 11) is -4.09. The quantitative estimate of drug-likeness (QED) is 0.638. The molecule has 0 radical (unpaired) electrons. The average Bonchev–Trinajstić information content (AvgIpc) is 3.45. The van der Waals surface area contributed by atoms with Crippen LogP contribution in [0.4, 0.5) is 5.69 Å². The molecular weight excluding hydrogens is 425 g/mol. The van der Waals surface area contributed by atoms with Crippen LogP contribution in [0.15, 0.2) is 41.3 Å². The van der Waals surface area contributed by atoms with E-state index >= 15 is 0 Å². The number of nitrogens with one attached hydrogen (secondary N) is 2. The third-order valence-electron chi connectivity index (χ3n) is 4.20. The third-order valence-corrected chi connectivity index (χ3v) is 5.88. The minimum Gasteiger partial charge on any atom is -0.348 e. The highest BCUT2D eigenvalue weighted by molar-refractivity contribution is 7.89. The fraction of sp³-hybridized carbons (Fsp3) is 0.222. The van der Waals surface area contributed by atoms with E-state index in [0.29, 0.717) is 5.69 Å². The van der Waals surface area contributed by atoms with Crippen LogP contribution in [0.2, 0.25) is 10.0 Å². The van der Waals surface area contributed by atoms with E-state index in [0.717, 1.165) is 30.5 Å². The van der Waals surface area contributed by atoms with Gasteiger partial charge < -0.3 is 10.6 Å². The number of nitrogens with two attached hydrogens (primary N) is 1. The van der Waals surface area contributed by atoms with Gasteiger partial charge in [0.25, 0.3) is 5.91 Å². The van der Waals surface area contributed by atoms with E-state index in [1.54, 1.807) is 24.3 Å². The SMILES string of the molecule is NS(=O)(=O)c1cc(C(=O)NCc2ccc(NC(=O)C3CC3)cc2)c(Cl)cc1Cl. The van der Waals surface area contributed by atoms with Crippen molar-refractivity contribution in [3.05, 3.63) is 57.6 Å². The number of amides is 2. The summed E-state index contributed by atoms with van der Waals surface area (Å²) in [5.74, 6) is -0.438. The molecule has 3 rings (SSSR count). The molecule has 7 nitrogen and oxygen atoms in total. The van der Waals surface area contributed by atoms with Crippen LogP contribution in [0, 0.1) is 5.92 Å². The van der Waals surface area contributed by atoms with Crippen molar-refractivity contribution in [2.75, 3.05) is 5.32 Å². The first kappa shape index (κ1) is 20.6. The molecule has 2 aromatic rings. The van der Waals surface area contributed by atoms with E-state index in [1.807, 2.05) is 0 Å². The number of carbonyl (C=O) groups excluding carboxylic acids is 2. The third kappa shape index (κ3) is 5.02. The molecule has 4 N–H and O–H groups in total. The van der Waals surface area contributed by atoms with Gasteiger partial charge in [-0.1, -0.05) is 35.3 Å². The zero-order valence-electron chi connectivity index (χ0n) is 14.5. The summed E-state index contributed by atoms with van der Waals surface area (Å²) in [6.45, 7) is 0.180. The maximum atomic E-state index is 12.4. The molecule has 0 saturated heterocycles. The van der Waals surface area contributed by atoms with Gasteiger partial charge in [0.15, 0.2) is 0 Å². The fourth-order valence-corrected chi connectivity index (χ4v) is 3.90. The summed E-state index contributed by atoms with van der Waals surface area (Å²) in [5.41, 5.74) is 1.42. The summed E-state index contributed by atoms with van der Waals surface area (Å²) in [4.78, 5) is 23.8. The highest BCUT2D eigenvalue weighted by Gasteiger charge is 2.29. The molecule has 0 heterocycles. The highest BCUT2D eigenvalue weighted by atomic mass is 35.5. The zero-order valence-corrected chi connectivity index (χ0v) is 16.9. The number of primary sulfonamides is 1. The molecule has 1 aliphatic rings. The summed E-state index contributed by atoms with van der Waals surface area (Å²) in [6.07, 6.45) is 1.85. The molecule has 1 fully saturated rings. The van der Waals surface area contributed by atoms with Crippen LogP contribution in [0.5, 0.6) is 0 Å². The number of hydrogen-bond acceptors (Lipinski definition) is 4. The van der Waals surface area contributed by atoms with Crippen molar-refractivity contribution in [3.8, 4) is 0 Å². The summed E-state index contributed by atoms with van der Waals surface area (Å²) < 4.78 is 23.1. The molecule has 28 heavy (non-hydrogen) atoms. The molecule has 2 aromatic carbocycles. The molecule has 0 bridgehead atoms. The largest absolute Gasteiger partial charge is 0.348 e. The van der Waals surface area contributed by atoms with Gasteiger partial charge in [0.05, 0.1) is 15.6 Å². The average molecular weight is 442 g/mol. The Morgan fingerprint density at radius 1 is 1.07 bits per heavy atom. The number of carbonyl (C=O) groups is 2. The predicted octanol–water partition coefficient (Wildman–Crippen LogP) is 2.92. The number of anilines is 1. The van der Waals surface area contributed by atoms with Crippen molar-refractivity contribution >= 4 is 50.7 Å². The Morgan fingerprint density at radius 3 is 2.29 bits per heavy atom. The number of rotatable bonds is 6. The van der Waals surface area contributed by atoms with Gasteiger partial charge in [-0.15, -0.1) is 0 Å². The van der Waals surface area contributed by atoms with E-state index in [1.165, 1.54) is 0 Å². The number of hydrogen-bond donors (Lipinski definition) is 3. The van der Waals surface area contributed by atoms with Gasteiger partial charge >= 0.3 is 0 Å². The second-order valence-electron chi connectivity index (χ2n) is 6.45. The van der Waals surface area contributed by atoms with Crippen LogP contribution in [0.1, 0.15) is 28.8 Å². The Morgan fingerprint density at radius 2 is 1.71 bits per heavy atom. The lowest BCUT2D eigenvalue weighted by Gasteiger charge is -2.10. The van der Waals surface area contributed by atoms with Gasteiger partial charge in [-0.25, -0.2) is 13.6 Å². The Bertz CT molecular complexity index is 1040. The topological polar surface area (TPSA) is 118 Å². The van der Waals surface area contributed by atoms with E-state index in [-0.39, 0.29) is 38.9 Å². The molecule has 0 spiro atoms. The van der Waals surface area contributed by atoms with Crippen molar-refractivity contribution < 1.29 is 18.0 Å². The standard InChI is InChI=1S/C18H17Cl2N3O4S/c19-14-8-15(20)16(28(21,26)27)7-13(14)18(25)22-9-10-1-5-12(6-2-10)23-17(24)11-3-4-11/h1-2,5-8,11H,3-4,9H2,(H,22,25)(H,23,24)(H2,21,26,27).